The standard InChI is InChI=1S/C15H26N2O2S/c16-15(14-8-10-1-2-11(14)7-10)9-20(18,19)17-12-3-4-13(17)6-5-12/h10-15H,1-9,16H2. The molecule has 4 bridgehead atoms. The van der Waals surface area contributed by atoms with E-state index in [1.165, 1.54) is 25.7 Å². The van der Waals surface area contributed by atoms with Crippen LogP contribution in [0.3, 0.4) is 0 Å². The fourth-order valence-corrected chi connectivity index (χ4v) is 7.83. The molecule has 4 fully saturated rings. The zero-order chi connectivity index (χ0) is 13.9. The van der Waals surface area contributed by atoms with E-state index < -0.39 is 10.0 Å². The summed E-state index contributed by atoms with van der Waals surface area (Å²) < 4.78 is 27.3. The van der Waals surface area contributed by atoms with Crippen molar-refractivity contribution in [3.63, 3.8) is 0 Å². The lowest BCUT2D eigenvalue weighted by atomic mass is 9.84. The van der Waals surface area contributed by atoms with Crippen molar-refractivity contribution in [2.75, 3.05) is 5.75 Å². The third-order valence-electron chi connectivity index (χ3n) is 6.45. The van der Waals surface area contributed by atoms with Gasteiger partial charge in [0.25, 0.3) is 0 Å². The van der Waals surface area contributed by atoms with Gasteiger partial charge in [0.05, 0.1) is 5.75 Å². The quantitative estimate of drug-likeness (QED) is 0.859. The number of fused-ring (bicyclic) bond motifs is 4. The van der Waals surface area contributed by atoms with Gasteiger partial charge in [0.1, 0.15) is 0 Å². The van der Waals surface area contributed by atoms with Crippen LogP contribution in [0, 0.1) is 17.8 Å². The molecule has 2 saturated carbocycles. The number of sulfonamides is 1. The highest BCUT2D eigenvalue weighted by Gasteiger charge is 2.48. The predicted molar refractivity (Wildman–Crippen MR) is 78.6 cm³/mol. The van der Waals surface area contributed by atoms with Gasteiger partial charge in [-0.05, 0) is 62.7 Å². The first-order valence-electron chi connectivity index (χ1n) is 8.31. The summed E-state index contributed by atoms with van der Waals surface area (Å²) in [6.45, 7) is 0. The molecule has 0 aromatic rings. The van der Waals surface area contributed by atoms with E-state index in [4.69, 9.17) is 5.73 Å². The van der Waals surface area contributed by atoms with Crippen molar-refractivity contribution in [2.45, 2.75) is 69.5 Å². The van der Waals surface area contributed by atoms with Gasteiger partial charge in [0.2, 0.25) is 10.0 Å². The molecule has 0 aromatic carbocycles. The van der Waals surface area contributed by atoms with Crippen molar-refractivity contribution >= 4 is 10.0 Å². The van der Waals surface area contributed by atoms with Crippen LogP contribution in [0.2, 0.25) is 0 Å². The molecule has 0 amide bonds. The third-order valence-corrected chi connectivity index (χ3v) is 8.50. The van der Waals surface area contributed by atoms with Gasteiger partial charge in [-0.3, -0.25) is 0 Å². The minimum atomic E-state index is -3.14. The summed E-state index contributed by atoms with van der Waals surface area (Å²) >= 11 is 0. The van der Waals surface area contributed by atoms with Crippen molar-refractivity contribution in [1.82, 2.24) is 4.31 Å². The molecule has 2 aliphatic carbocycles. The fourth-order valence-electron chi connectivity index (χ4n) is 5.59. The number of hydrogen-bond donors (Lipinski definition) is 1. The van der Waals surface area contributed by atoms with Crippen LogP contribution in [0.1, 0.15) is 51.4 Å². The van der Waals surface area contributed by atoms with E-state index in [0.29, 0.717) is 11.8 Å². The highest BCUT2D eigenvalue weighted by molar-refractivity contribution is 7.89. The molecule has 0 aromatic heterocycles. The summed E-state index contributed by atoms with van der Waals surface area (Å²) in [6.07, 6.45) is 9.34. The van der Waals surface area contributed by atoms with Gasteiger partial charge in [0, 0.05) is 18.1 Å². The van der Waals surface area contributed by atoms with E-state index in [1.807, 2.05) is 4.31 Å². The van der Waals surface area contributed by atoms with Crippen LogP contribution in [0.5, 0.6) is 0 Å². The second-order valence-corrected chi connectivity index (χ2v) is 9.49. The van der Waals surface area contributed by atoms with E-state index in [1.54, 1.807) is 0 Å². The van der Waals surface area contributed by atoms with Crippen LogP contribution in [0.15, 0.2) is 0 Å². The minimum absolute atomic E-state index is 0.143. The summed E-state index contributed by atoms with van der Waals surface area (Å²) in [6, 6.07) is 0.435. The average molecular weight is 298 g/mol. The van der Waals surface area contributed by atoms with Gasteiger partial charge in [-0.15, -0.1) is 0 Å². The summed E-state index contributed by atoms with van der Waals surface area (Å²) in [5.41, 5.74) is 6.32. The van der Waals surface area contributed by atoms with Crippen LogP contribution in [0.4, 0.5) is 0 Å². The first-order valence-corrected chi connectivity index (χ1v) is 9.92. The van der Waals surface area contributed by atoms with Crippen molar-refractivity contribution in [2.24, 2.45) is 23.5 Å². The molecule has 114 valence electrons. The molecular weight excluding hydrogens is 272 g/mol. The Hall–Kier alpha value is -0.130. The third kappa shape index (κ3) is 2.04. The topological polar surface area (TPSA) is 63.4 Å². The van der Waals surface area contributed by atoms with Crippen molar-refractivity contribution in [3.05, 3.63) is 0 Å². The van der Waals surface area contributed by atoms with Gasteiger partial charge in [0.15, 0.2) is 0 Å². The zero-order valence-electron chi connectivity index (χ0n) is 12.1. The predicted octanol–water partition coefficient (Wildman–Crippen LogP) is 1.71. The second-order valence-electron chi connectivity index (χ2n) is 7.57. The Bertz CT molecular complexity index is 472. The van der Waals surface area contributed by atoms with Crippen molar-refractivity contribution < 1.29 is 8.42 Å². The van der Waals surface area contributed by atoms with Gasteiger partial charge < -0.3 is 5.73 Å². The van der Waals surface area contributed by atoms with E-state index in [9.17, 15) is 8.42 Å². The molecule has 0 radical (unpaired) electrons. The highest BCUT2D eigenvalue weighted by Crippen LogP contribution is 2.49. The van der Waals surface area contributed by atoms with Crippen LogP contribution in [0.25, 0.3) is 0 Å². The van der Waals surface area contributed by atoms with Gasteiger partial charge >= 0.3 is 0 Å². The van der Waals surface area contributed by atoms with Crippen LogP contribution in [-0.2, 0) is 10.0 Å². The van der Waals surface area contributed by atoms with Crippen molar-refractivity contribution in [1.29, 1.82) is 0 Å². The highest BCUT2D eigenvalue weighted by atomic mass is 32.2. The molecule has 2 aliphatic heterocycles. The molecular formula is C15H26N2O2S. The van der Waals surface area contributed by atoms with Gasteiger partial charge in [-0.2, -0.15) is 4.31 Å². The summed E-state index contributed by atoms with van der Waals surface area (Å²) in [4.78, 5) is 0. The Morgan fingerprint density at radius 2 is 1.65 bits per heavy atom. The fraction of sp³-hybridized carbons (Fsp3) is 1.00. The second kappa shape index (κ2) is 4.68. The minimum Gasteiger partial charge on any atom is -0.326 e. The number of rotatable bonds is 4. The Balaban J connectivity index is 1.45. The molecule has 0 spiro atoms. The maximum Gasteiger partial charge on any atom is 0.216 e. The maximum absolute atomic E-state index is 12.7. The lowest BCUT2D eigenvalue weighted by molar-refractivity contribution is 0.290. The van der Waals surface area contributed by atoms with E-state index in [2.05, 4.69) is 0 Å². The first-order chi connectivity index (χ1) is 9.54. The Labute approximate surface area is 122 Å². The average Bonchev–Trinajstić information content (AvgIpc) is 3.17. The molecule has 4 unspecified atom stereocenters. The Morgan fingerprint density at radius 3 is 2.15 bits per heavy atom. The molecule has 2 heterocycles. The molecule has 4 aliphatic rings. The number of nitrogens with two attached hydrogens (primary N) is 1. The van der Waals surface area contributed by atoms with Crippen LogP contribution in [-0.4, -0.2) is 36.6 Å². The van der Waals surface area contributed by atoms with Gasteiger partial charge in [-0.1, -0.05) is 6.42 Å². The van der Waals surface area contributed by atoms with Crippen LogP contribution < -0.4 is 5.73 Å². The lowest BCUT2D eigenvalue weighted by Crippen LogP contribution is -2.45. The van der Waals surface area contributed by atoms with Gasteiger partial charge in [-0.25, -0.2) is 8.42 Å². The molecule has 4 rings (SSSR count). The molecule has 4 atom stereocenters. The van der Waals surface area contributed by atoms with Crippen molar-refractivity contribution in [3.8, 4) is 0 Å². The zero-order valence-corrected chi connectivity index (χ0v) is 12.9. The summed E-state index contributed by atoms with van der Waals surface area (Å²) in [7, 11) is -3.14. The Kier molecular flexibility index (Phi) is 3.17. The number of hydrogen-bond acceptors (Lipinski definition) is 3. The lowest BCUT2D eigenvalue weighted by Gasteiger charge is -2.30. The number of nitrogens with zero attached hydrogens (tertiary/aromatic N) is 1. The molecule has 20 heavy (non-hydrogen) atoms. The normalized spacial score (nSPS) is 45.4. The molecule has 5 heteroatoms. The smallest absolute Gasteiger partial charge is 0.216 e. The summed E-state index contributed by atoms with van der Waals surface area (Å²) in [5.74, 6) is 2.19. The molecule has 4 nitrogen and oxygen atoms in total. The summed E-state index contributed by atoms with van der Waals surface area (Å²) in [5, 5.41) is 0. The monoisotopic (exact) mass is 298 g/mol. The molecule has 2 N–H and O–H groups in total. The maximum atomic E-state index is 12.7. The van der Waals surface area contributed by atoms with E-state index in [0.717, 1.165) is 31.6 Å². The van der Waals surface area contributed by atoms with Crippen LogP contribution >= 0.6 is 0 Å². The molecule has 2 saturated heterocycles. The van der Waals surface area contributed by atoms with E-state index >= 15 is 0 Å². The SMILES string of the molecule is NC(CS(=O)(=O)N1C2CCC1CC2)C1CC2CCC1C2. The largest absolute Gasteiger partial charge is 0.326 e. The van der Waals surface area contributed by atoms with E-state index in [-0.39, 0.29) is 23.9 Å². The Morgan fingerprint density at radius 1 is 1.00 bits per heavy atom. The first kappa shape index (κ1) is 13.5.